The van der Waals surface area contributed by atoms with Crippen molar-refractivity contribution in [2.24, 2.45) is 0 Å². The number of amides is 1. The quantitative estimate of drug-likeness (QED) is 0.890. The smallest absolute Gasteiger partial charge is 0.230 e. The number of nitrogens with one attached hydrogen (secondary N) is 1. The number of rotatable bonds is 5. The van der Waals surface area contributed by atoms with Crippen molar-refractivity contribution in [2.75, 3.05) is 6.54 Å². The van der Waals surface area contributed by atoms with Gasteiger partial charge in [-0.2, -0.15) is 0 Å². The van der Waals surface area contributed by atoms with Crippen molar-refractivity contribution in [2.45, 2.75) is 37.5 Å². The molecule has 0 unspecified atom stereocenters. The highest BCUT2D eigenvalue weighted by Gasteiger charge is 2.51. The van der Waals surface area contributed by atoms with Crippen LogP contribution in [0.1, 0.15) is 37.8 Å². The van der Waals surface area contributed by atoms with E-state index in [0.717, 1.165) is 18.4 Å². The van der Waals surface area contributed by atoms with Crippen LogP contribution >= 0.6 is 0 Å². The second-order valence-corrected chi connectivity index (χ2v) is 6.99. The van der Waals surface area contributed by atoms with Gasteiger partial charge in [-0.1, -0.05) is 62.4 Å². The molecule has 0 heterocycles. The highest BCUT2D eigenvalue weighted by molar-refractivity contribution is 5.91. The van der Waals surface area contributed by atoms with Gasteiger partial charge in [0.2, 0.25) is 5.91 Å². The largest absolute Gasteiger partial charge is 0.354 e. The van der Waals surface area contributed by atoms with Crippen molar-refractivity contribution in [1.82, 2.24) is 5.32 Å². The van der Waals surface area contributed by atoms with E-state index in [0.29, 0.717) is 12.1 Å². The van der Waals surface area contributed by atoms with Gasteiger partial charge in [0.15, 0.2) is 0 Å². The molecule has 120 valence electrons. The first-order valence-electron chi connectivity index (χ1n) is 8.05. The molecule has 0 atom stereocenters. The minimum atomic E-state index is -0.451. The van der Waals surface area contributed by atoms with E-state index in [1.165, 1.54) is 6.07 Å². The van der Waals surface area contributed by atoms with E-state index >= 15 is 0 Å². The maximum Gasteiger partial charge on any atom is 0.230 e. The standard InChI is InChI=1S/C20H22FNO/c1-19(2,16-10-6-7-11-17(16)21)14-22-18(23)20(12-13-20)15-8-4-3-5-9-15/h3-11H,12-14H2,1-2H3,(H,22,23). The van der Waals surface area contributed by atoms with Gasteiger partial charge in [0.1, 0.15) is 5.82 Å². The van der Waals surface area contributed by atoms with Crippen molar-refractivity contribution < 1.29 is 9.18 Å². The van der Waals surface area contributed by atoms with Gasteiger partial charge < -0.3 is 5.32 Å². The van der Waals surface area contributed by atoms with Crippen LogP contribution in [0.15, 0.2) is 54.6 Å². The molecule has 1 saturated carbocycles. The maximum atomic E-state index is 14.0. The highest BCUT2D eigenvalue weighted by atomic mass is 19.1. The molecule has 3 heteroatoms. The summed E-state index contributed by atoms with van der Waals surface area (Å²) in [5, 5.41) is 3.04. The van der Waals surface area contributed by atoms with Crippen molar-refractivity contribution in [1.29, 1.82) is 0 Å². The zero-order valence-corrected chi connectivity index (χ0v) is 13.6. The minimum Gasteiger partial charge on any atom is -0.354 e. The molecule has 0 radical (unpaired) electrons. The molecule has 1 amide bonds. The Bertz CT molecular complexity index is 705. The fraction of sp³-hybridized carbons (Fsp3) is 0.350. The van der Waals surface area contributed by atoms with Gasteiger partial charge in [-0.05, 0) is 30.0 Å². The minimum absolute atomic E-state index is 0.0492. The number of carbonyl (C=O) groups is 1. The van der Waals surface area contributed by atoms with E-state index in [1.54, 1.807) is 12.1 Å². The average Bonchev–Trinajstić information content (AvgIpc) is 3.36. The molecule has 1 fully saturated rings. The molecular weight excluding hydrogens is 289 g/mol. The van der Waals surface area contributed by atoms with Gasteiger partial charge in [0.05, 0.1) is 5.41 Å². The fourth-order valence-corrected chi connectivity index (χ4v) is 3.10. The fourth-order valence-electron chi connectivity index (χ4n) is 3.10. The van der Waals surface area contributed by atoms with Crippen LogP contribution in [0.2, 0.25) is 0 Å². The Labute approximate surface area is 136 Å². The van der Waals surface area contributed by atoms with E-state index in [-0.39, 0.29) is 17.1 Å². The van der Waals surface area contributed by atoms with Crippen LogP contribution in [0.3, 0.4) is 0 Å². The third-order valence-corrected chi connectivity index (χ3v) is 4.80. The predicted octanol–water partition coefficient (Wildman–Crippen LogP) is 3.95. The summed E-state index contributed by atoms with van der Waals surface area (Å²) in [7, 11) is 0. The molecule has 0 bridgehead atoms. The summed E-state index contributed by atoms with van der Waals surface area (Å²) in [5.41, 5.74) is 0.867. The summed E-state index contributed by atoms with van der Waals surface area (Å²) in [5.74, 6) is -0.177. The van der Waals surface area contributed by atoms with Crippen LogP contribution in [0.4, 0.5) is 4.39 Å². The topological polar surface area (TPSA) is 29.1 Å². The molecule has 0 spiro atoms. The molecule has 3 rings (SSSR count). The average molecular weight is 311 g/mol. The zero-order chi connectivity index (χ0) is 16.5. The summed E-state index contributed by atoms with van der Waals surface area (Å²) in [6.07, 6.45) is 1.76. The lowest BCUT2D eigenvalue weighted by Gasteiger charge is -2.27. The summed E-state index contributed by atoms with van der Waals surface area (Å²) in [4.78, 5) is 12.7. The first kappa shape index (κ1) is 15.7. The van der Waals surface area contributed by atoms with Crippen LogP contribution in [0, 0.1) is 5.82 Å². The third-order valence-electron chi connectivity index (χ3n) is 4.80. The predicted molar refractivity (Wildman–Crippen MR) is 89.8 cm³/mol. The van der Waals surface area contributed by atoms with Gasteiger partial charge >= 0.3 is 0 Å². The summed E-state index contributed by atoms with van der Waals surface area (Å²) in [6, 6.07) is 16.7. The number of hydrogen-bond donors (Lipinski definition) is 1. The van der Waals surface area contributed by atoms with E-state index in [1.807, 2.05) is 50.2 Å². The van der Waals surface area contributed by atoms with Gasteiger partial charge in [0.25, 0.3) is 0 Å². The normalized spacial score (nSPS) is 16.0. The third kappa shape index (κ3) is 3.00. The van der Waals surface area contributed by atoms with E-state index in [2.05, 4.69) is 5.32 Å². The highest BCUT2D eigenvalue weighted by Crippen LogP contribution is 2.48. The van der Waals surface area contributed by atoms with Crippen molar-refractivity contribution >= 4 is 5.91 Å². The second-order valence-electron chi connectivity index (χ2n) is 6.99. The summed E-state index contributed by atoms with van der Waals surface area (Å²) >= 11 is 0. The summed E-state index contributed by atoms with van der Waals surface area (Å²) in [6.45, 7) is 4.32. The maximum absolute atomic E-state index is 14.0. The Morgan fingerprint density at radius 3 is 2.30 bits per heavy atom. The number of carbonyl (C=O) groups excluding carboxylic acids is 1. The molecular formula is C20H22FNO. The lowest BCUT2D eigenvalue weighted by molar-refractivity contribution is -0.123. The van der Waals surface area contributed by atoms with Gasteiger partial charge in [0, 0.05) is 12.0 Å². The van der Waals surface area contributed by atoms with Gasteiger partial charge in [-0.25, -0.2) is 4.39 Å². The molecule has 0 aromatic heterocycles. The Kier molecular flexibility index (Phi) is 3.97. The van der Waals surface area contributed by atoms with Crippen LogP contribution in [0.25, 0.3) is 0 Å². The Hall–Kier alpha value is -2.16. The Morgan fingerprint density at radius 2 is 1.70 bits per heavy atom. The molecule has 2 nitrogen and oxygen atoms in total. The molecule has 2 aromatic rings. The number of hydrogen-bond acceptors (Lipinski definition) is 1. The van der Waals surface area contributed by atoms with Crippen LogP contribution in [-0.2, 0) is 15.6 Å². The first-order valence-corrected chi connectivity index (χ1v) is 8.05. The molecule has 1 N–H and O–H groups in total. The molecule has 0 aliphatic heterocycles. The van der Waals surface area contributed by atoms with Crippen molar-refractivity contribution in [3.8, 4) is 0 Å². The van der Waals surface area contributed by atoms with E-state index in [9.17, 15) is 9.18 Å². The molecule has 0 saturated heterocycles. The Morgan fingerprint density at radius 1 is 1.09 bits per heavy atom. The monoisotopic (exact) mass is 311 g/mol. The SMILES string of the molecule is CC(C)(CNC(=O)C1(c2ccccc2)CC1)c1ccccc1F. The molecule has 2 aromatic carbocycles. The van der Waals surface area contributed by atoms with Crippen LogP contribution in [-0.4, -0.2) is 12.5 Å². The van der Waals surface area contributed by atoms with Gasteiger partial charge in [-0.15, -0.1) is 0 Å². The van der Waals surface area contributed by atoms with E-state index < -0.39 is 5.41 Å². The number of halogens is 1. The van der Waals surface area contributed by atoms with Crippen LogP contribution in [0.5, 0.6) is 0 Å². The molecule has 1 aliphatic carbocycles. The van der Waals surface area contributed by atoms with E-state index in [4.69, 9.17) is 0 Å². The Balaban J connectivity index is 1.71. The lowest BCUT2D eigenvalue weighted by Crippen LogP contribution is -2.42. The molecule has 23 heavy (non-hydrogen) atoms. The summed E-state index contributed by atoms with van der Waals surface area (Å²) < 4.78 is 14.0. The second kappa shape index (κ2) is 5.80. The van der Waals surface area contributed by atoms with Gasteiger partial charge in [-0.3, -0.25) is 4.79 Å². The zero-order valence-electron chi connectivity index (χ0n) is 13.6. The van der Waals surface area contributed by atoms with Crippen molar-refractivity contribution in [3.63, 3.8) is 0 Å². The number of benzene rings is 2. The molecule has 1 aliphatic rings. The van der Waals surface area contributed by atoms with Crippen LogP contribution < -0.4 is 5.32 Å². The first-order chi connectivity index (χ1) is 11.0. The van der Waals surface area contributed by atoms with Crippen molar-refractivity contribution in [3.05, 3.63) is 71.5 Å². The lowest BCUT2D eigenvalue weighted by atomic mass is 9.84.